The molecule has 0 heterocycles. The first-order chi connectivity index (χ1) is 4.95. The molecule has 0 aromatic carbocycles. The Morgan fingerprint density at radius 1 is 1.36 bits per heavy atom. The molecule has 62 valence electrons. The highest BCUT2D eigenvalue weighted by atomic mass is 16.5. The van der Waals surface area contributed by atoms with Gasteiger partial charge in [0.2, 0.25) is 0 Å². The van der Waals surface area contributed by atoms with Gasteiger partial charge in [-0.05, 0) is 20.8 Å². The quantitative estimate of drug-likeness (QED) is 0.266. The van der Waals surface area contributed by atoms with Crippen LogP contribution in [0.4, 0.5) is 0 Å². The first-order valence-corrected chi connectivity index (χ1v) is 3.36. The lowest BCUT2D eigenvalue weighted by Gasteiger charge is -2.06. The highest BCUT2D eigenvalue weighted by Crippen LogP contribution is 1.99. The topological polar surface area (TPSA) is 43.4 Å². The molecule has 3 nitrogen and oxygen atoms in total. The van der Waals surface area contributed by atoms with Crippen molar-refractivity contribution in [3.63, 3.8) is 0 Å². The molecule has 0 radical (unpaired) electrons. The van der Waals surface area contributed by atoms with Crippen molar-refractivity contribution in [1.82, 2.24) is 0 Å². The predicted octanol–water partition coefficient (Wildman–Crippen LogP) is 1.08. The molecule has 0 fully saturated rings. The van der Waals surface area contributed by atoms with E-state index in [-0.39, 0.29) is 17.5 Å². The minimum absolute atomic E-state index is 0.0984. The zero-order chi connectivity index (χ0) is 9.02. The first-order valence-electron chi connectivity index (χ1n) is 3.36. The molecule has 0 N–H and O–H groups in total. The van der Waals surface area contributed by atoms with Gasteiger partial charge in [0.1, 0.15) is 0 Å². The van der Waals surface area contributed by atoms with Crippen LogP contribution >= 0.6 is 0 Å². The van der Waals surface area contributed by atoms with Crippen LogP contribution in [0.1, 0.15) is 20.8 Å². The molecule has 0 bridgehead atoms. The molecule has 0 unspecified atom stereocenters. The third kappa shape index (κ3) is 3.55. The van der Waals surface area contributed by atoms with Gasteiger partial charge < -0.3 is 4.74 Å². The Bertz CT molecular complexity index is 192. The third-order valence-electron chi connectivity index (χ3n) is 1.01. The van der Waals surface area contributed by atoms with Gasteiger partial charge in [-0.1, -0.05) is 6.58 Å². The fraction of sp³-hybridized carbons (Fsp3) is 0.500. The lowest BCUT2D eigenvalue weighted by molar-refractivity contribution is -0.143. The fourth-order valence-corrected chi connectivity index (χ4v) is 0.429. The number of ketones is 1. The van der Waals surface area contributed by atoms with E-state index in [1.165, 1.54) is 6.92 Å². The highest BCUT2D eigenvalue weighted by molar-refractivity contribution is 6.15. The number of esters is 1. The van der Waals surface area contributed by atoms with Crippen LogP contribution in [-0.4, -0.2) is 17.9 Å². The maximum absolute atomic E-state index is 10.9. The molecular formula is C8H12O3. The van der Waals surface area contributed by atoms with E-state index >= 15 is 0 Å². The van der Waals surface area contributed by atoms with Crippen molar-refractivity contribution < 1.29 is 14.3 Å². The normalized spacial score (nSPS) is 9.45. The van der Waals surface area contributed by atoms with Crippen LogP contribution in [-0.2, 0) is 14.3 Å². The van der Waals surface area contributed by atoms with Crippen molar-refractivity contribution in [1.29, 1.82) is 0 Å². The van der Waals surface area contributed by atoms with Gasteiger partial charge in [0.25, 0.3) is 0 Å². The summed E-state index contributed by atoms with van der Waals surface area (Å²) >= 11 is 0. The van der Waals surface area contributed by atoms with Crippen molar-refractivity contribution in [2.24, 2.45) is 0 Å². The van der Waals surface area contributed by atoms with Gasteiger partial charge in [-0.15, -0.1) is 0 Å². The summed E-state index contributed by atoms with van der Waals surface area (Å²) in [6.45, 7) is 7.99. The number of hydrogen-bond acceptors (Lipinski definition) is 3. The zero-order valence-corrected chi connectivity index (χ0v) is 7.01. The van der Waals surface area contributed by atoms with E-state index in [4.69, 9.17) is 4.74 Å². The molecule has 0 saturated heterocycles. The molecule has 0 spiro atoms. The monoisotopic (exact) mass is 156 g/mol. The molecule has 0 amide bonds. The average Bonchev–Trinajstić information content (AvgIpc) is 1.84. The summed E-state index contributed by atoms with van der Waals surface area (Å²) in [6, 6.07) is 0. The van der Waals surface area contributed by atoms with Gasteiger partial charge in [-0.3, -0.25) is 4.79 Å². The Balaban J connectivity index is 4.05. The minimum atomic E-state index is -0.632. The second-order valence-electron chi connectivity index (χ2n) is 2.49. The standard InChI is InChI=1S/C8H12O3/c1-5(2)11-8(10)6(3)7(4)9/h5H,3H2,1-2,4H3. The SMILES string of the molecule is C=C(C(C)=O)C(=O)OC(C)C. The van der Waals surface area contributed by atoms with E-state index in [0.717, 1.165) is 0 Å². The molecular weight excluding hydrogens is 144 g/mol. The largest absolute Gasteiger partial charge is 0.459 e. The van der Waals surface area contributed by atoms with Crippen LogP contribution in [0.2, 0.25) is 0 Å². The fourth-order valence-electron chi connectivity index (χ4n) is 0.429. The summed E-state index contributed by atoms with van der Waals surface area (Å²) in [7, 11) is 0. The maximum Gasteiger partial charge on any atom is 0.341 e. The van der Waals surface area contributed by atoms with Gasteiger partial charge in [-0.2, -0.15) is 0 Å². The van der Waals surface area contributed by atoms with E-state index in [1.54, 1.807) is 13.8 Å². The van der Waals surface area contributed by atoms with Crippen LogP contribution < -0.4 is 0 Å². The van der Waals surface area contributed by atoms with E-state index in [9.17, 15) is 9.59 Å². The predicted molar refractivity (Wildman–Crippen MR) is 41.0 cm³/mol. The number of carbonyl (C=O) groups is 2. The van der Waals surface area contributed by atoms with Crippen LogP contribution in [0.5, 0.6) is 0 Å². The van der Waals surface area contributed by atoms with E-state index in [0.29, 0.717) is 0 Å². The van der Waals surface area contributed by atoms with Crippen LogP contribution in [0.15, 0.2) is 12.2 Å². The summed E-state index contributed by atoms with van der Waals surface area (Å²) < 4.78 is 4.71. The molecule has 0 aromatic rings. The number of ether oxygens (including phenoxy) is 1. The second kappa shape index (κ2) is 3.91. The lowest BCUT2D eigenvalue weighted by atomic mass is 10.2. The van der Waals surface area contributed by atoms with Gasteiger partial charge >= 0.3 is 5.97 Å². The summed E-state index contributed by atoms with van der Waals surface area (Å²) in [5, 5.41) is 0. The Hall–Kier alpha value is -1.12. The number of Topliss-reactive ketones (excluding diaryl/α,β-unsaturated/α-hetero) is 1. The lowest BCUT2D eigenvalue weighted by Crippen LogP contribution is -2.16. The summed E-state index contributed by atoms with van der Waals surface area (Å²) in [6.07, 6.45) is -0.210. The Labute approximate surface area is 66.0 Å². The summed E-state index contributed by atoms with van der Waals surface area (Å²) in [5.41, 5.74) is -0.0984. The molecule has 0 saturated carbocycles. The molecule has 3 heteroatoms. The van der Waals surface area contributed by atoms with Crippen LogP contribution in [0.25, 0.3) is 0 Å². The Kier molecular flexibility index (Phi) is 3.51. The van der Waals surface area contributed by atoms with Crippen molar-refractivity contribution in [3.05, 3.63) is 12.2 Å². The Morgan fingerprint density at radius 3 is 2.09 bits per heavy atom. The molecule has 0 atom stereocenters. The van der Waals surface area contributed by atoms with E-state index in [2.05, 4.69) is 6.58 Å². The van der Waals surface area contributed by atoms with Gasteiger partial charge in [0, 0.05) is 0 Å². The van der Waals surface area contributed by atoms with Gasteiger partial charge in [0.05, 0.1) is 11.7 Å². The van der Waals surface area contributed by atoms with Gasteiger partial charge in [0.15, 0.2) is 5.78 Å². The first kappa shape index (κ1) is 9.88. The highest BCUT2D eigenvalue weighted by Gasteiger charge is 2.13. The van der Waals surface area contributed by atoms with Crippen molar-refractivity contribution in [2.75, 3.05) is 0 Å². The van der Waals surface area contributed by atoms with Gasteiger partial charge in [-0.25, -0.2) is 4.79 Å². The summed E-state index contributed by atoms with van der Waals surface area (Å²) in [5.74, 6) is -0.983. The van der Waals surface area contributed by atoms with E-state index in [1.807, 2.05) is 0 Å². The second-order valence-corrected chi connectivity index (χ2v) is 2.49. The minimum Gasteiger partial charge on any atom is -0.459 e. The average molecular weight is 156 g/mol. The number of rotatable bonds is 3. The van der Waals surface area contributed by atoms with Crippen molar-refractivity contribution in [3.8, 4) is 0 Å². The van der Waals surface area contributed by atoms with Crippen molar-refractivity contribution in [2.45, 2.75) is 26.9 Å². The molecule has 11 heavy (non-hydrogen) atoms. The third-order valence-corrected chi connectivity index (χ3v) is 1.01. The van der Waals surface area contributed by atoms with Crippen molar-refractivity contribution >= 4 is 11.8 Å². The van der Waals surface area contributed by atoms with E-state index < -0.39 is 5.97 Å². The van der Waals surface area contributed by atoms with Crippen LogP contribution in [0.3, 0.4) is 0 Å². The maximum atomic E-state index is 10.9. The Morgan fingerprint density at radius 2 is 1.82 bits per heavy atom. The molecule has 0 aromatic heterocycles. The molecule has 0 aliphatic heterocycles. The smallest absolute Gasteiger partial charge is 0.341 e. The zero-order valence-electron chi connectivity index (χ0n) is 7.01. The number of hydrogen-bond donors (Lipinski definition) is 0. The van der Waals surface area contributed by atoms with Crippen LogP contribution in [0, 0.1) is 0 Å². The molecule has 0 aliphatic carbocycles. The molecule has 0 aliphatic rings. The summed E-state index contributed by atoms with van der Waals surface area (Å²) in [4.78, 5) is 21.4. The molecule has 0 rings (SSSR count). The number of carbonyl (C=O) groups excluding carboxylic acids is 2.